The van der Waals surface area contributed by atoms with E-state index in [0.717, 1.165) is 19.3 Å². The molecule has 0 fully saturated rings. The quantitative estimate of drug-likeness (QED) is 0.387. The van der Waals surface area contributed by atoms with E-state index < -0.39 is 24.0 Å². The molecule has 1 aliphatic rings. The summed E-state index contributed by atoms with van der Waals surface area (Å²) in [5, 5.41) is 0. The topological polar surface area (TPSA) is 29.1 Å². The van der Waals surface area contributed by atoms with Crippen LogP contribution in [0.4, 0.5) is 0 Å². The first kappa shape index (κ1) is 22.7. The van der Waals surface area contributed by atoms with Crippen LogP contribution in [0.1, 0.15) is 46.0 Å². The summed E-state index contributed by atoms with van der Waals surface area (Å²) in [6, 6.07) is 0. The van der Waals surface area contributed by atoms with E-state index in [-0.39, 0.29) is 24.8 Å². The normalized spacial score (nSPS) is 13.1. The number of allylic oxidation sites excluding steroid dienone is 4. The zero-order valence-corrected chi connectivity index (χ0v) is 17.2. The van der Waals surface area contributed by atoms with Crippen LogP contribution in [0.25, 0.3) is 0 Å². The maximum absolute atomic E-state index is 12.0. The fraction of sp³-hybridized carbons (Fsp3) is 0.643. The van der Waals surface area contributed by atoms with Gasteiger partial charge in [-0.15, -0.1) is 0 Å². The first-order chi connectivity index (χ1) is 8.54. The summed E-state index contributed by atoms with van der Waals surface area (Å²) in [4.78, 5) is 12.0. The molecule has 0 atom stereocenters. The van der Waals surface area contributed by atoms with Gasteiger partial charge in [-0.05, 0) is 0 Å². The van der Waals surface area contributed by atoms with E-state index in [1.807, 2.05) is 0 Å². The molecule has 0 aliphatic heterocycles. The number of unbranched alkanes of at least 4 members (excludes halogenated alkanes) is 2. The van der Waals surface area contributed by atoms with E-state index in [1.165, 1.54) is 18.4 Å². The zero-order valence-electron chi connectivity index (χ0n) is 12.9. The van der Waals surface area contributed by atoms with Crippen LogP contribution in [0.2, 0.25) is 13.1 Å². The second kappa shape index (κ2) is 12.1. The molecule has 20 heavy (non-hydrogen) atoms. The fourth-order valence-electron chi connectivity index (χ4n) is 2.19. The molecule has 115 valence electrons. The number of hydrogen-bond acceptors (Lipinski definition) is 1. The molecule has 0 saturated heterocycles. The van der Waals surface area contributed by atoms with Gasteiger partial charge in [0.2, 0.25) is 0 Å². The molecule has 0 aromatic heterocycles. The fourth-order valence-corrected chi connectivity index (χ4v) is 11.6. The van der Waals surface area contributed by atoms with E-state index in [2.05, 4.69) is 42.9 Å². The van der Waals surface area contributed by atoms with Crippen LogP contribution in [0.15, 0.2) is 21.6 Å². The number of halogens is 2. The summed E-state index contributed by atoms with van der Waals surface area (Å²) in [6.45, 7) is 8.38. The van der Waals surface area contributed by atoms with Crippen molar-refractivity contribution < 1.29 is 47.0 Å². The molecular weight excluding hydrogens is 345 g/mol. The Bertz CT molecular complexity index is 359. The predicted molar refractivity (Wildman–Crippen MR) is 77.6 cm³/mol. The largest absolute Gasteiger partial charge is 1.00 e. The first-order valence-corrected chi connectivity index (χ1v) is 14.2. The Balaban J connectivity index is 0. The van der Waals surface area contributed by atoms with Crippen molar-refractivity contribution in [3.05, 3.63) is 21.6 Å². The third kappa shape index (κ3) is 8.04. The number of carbonyl (C=O) groups excluding carboxylic acids is 1. The number of carbonyl (C=O) groups is 1. The van der Waals surface area contributed by atoms with Crippen molar-refractivity contribution in [1.82, 2.24) is 3.80 Å². The van der Waals surface area contributed by atoms with Gasteiger partial charge in [0, 0.05) is 0 Å². The molecule has 0 spiro atoms. The molecule has 0 unspecified atom stereocenters. The molecular formula is C14H26Cl2NOSiTi. The van der Waals surface area contributed by atoms with Crippen LogP contribution in [-0.2, 0) is 22.2 Å². The van der Waals surface area contributed by atoms with Gasteiger partial charge in [-0.2, -0.15) is 0 Å². The summed E-state index contributed by atoms with van der Waals surface area (Å²) in [5.74, 6) is 0.310. The third-order valence-electron chi connectivity index (χ3n) is 3.25. The minimum atomic E-state index is -1.46. The summed E-state index contributed by atoms with van der Waals surface area (Å²) in [6.07, 6.45) is 9.85. The van der Waals surface area contributed by atoms with Crippen molar-refractivity contribution in [2.45, 2.75) is 59.0 Å². The molecule has 0 aromatic carbocycles. The van der Waals surface area contributed by atoms with Crippen LogP contribution >= 0.6 is 0 Å². The molecule has 0 radical (unpaired) electrons. The van der Waals surface area contributed by atoms with Gasteiger partial charge >= 0.3 is 119 Å². The SMILES string of the molecule is CCCCCC(=O)[NH][Ti+2]([C]1=CC(C)=CC1)[SiH](C)C.[Cl-].[Cl-]. The Hall–Kier alpha value is 0.461. The van der Waals surface area contributed by atoms with Crippen LogP contribution in [-0.4, -0.2) is 12.6 Å². The van der Waals surface area contributed by atoms with Crippen molar-refractivity contribution in [2.75, 3.05) is 0 Å². The van der Waals surface area contributed by atoms with E-state index in [9.17, 15) is 4.79 Å². The van der Waals surface area contributed by atoms with E-state index in [4.69, 9.17) is 0 Å². The van der Waals surface area contributed by atoms with Gasteiger partial charge in [0.15, 0.2) is 0 Å². The number of nitrogens with one attached hydrogen (secondary N) is 1. The van der Waals surface area contributed by atoms with Crippen molar-refractivity contribution in [1.29, 1.82) is 0 Å². The van der Waals surface area contributed by atoms with Crippen LogP contribution in [0.5, 0.6) is 0 Å². The van der Waals surface area contributed by atoms with Crippen molar-refractivity contribution in [3.63, 3.8) is 0 Å². The standard InChI is InChI=1S/C6H13NO.C6H7.C2H7Si.2ClH.Ti/c1-2-3-4-5-6(7)8;1-6-4-2-3-5-6;1-3-2;;;/h2-5H2,1H3,(H2,7,8);4-5H,2H2,1H3;3H,1-2H3;2*1H;/q;;;;;+3/p-3. The van der Waals surface area contributed by atoms with Crippen LogP contribution < -0.4 is 28.6 Å². The maximum atomic E-state index is 12.0. The van der Waals surface area contributed by atoms with E-state index in [1.54, 1.807) is 3.88 Å². The Kier molecular flexibility index (Phi) is 13.7. The second-order valence-electron chi connectivity index (χ2n) is 5.40. The average molecular weight is 371 g/mol. The maximum Gasteiger partial charge on any atom is -1.00 e. The molecule has 1 aliphatic carbocycles. The minimum absolute atomic E-state index is 0. The Morgan fingerprint density at radius 3 is 2.45 bits per heavy atom. The van der Waals surface area contributed by atoms with Crippen molar-refractivity contribution in [3.8, 4) is 0 Å². The molecule has 1 rings (SSSR count). The molecule has 2 nitrogen and oxygen atoms in total. The van der Waals surface area contributed by atoms with Crippen molar-refractivity contribution >= 4 is 12.6 Å². The van der Waals surface area contributed by atoms with E-state index in [0.29, 0.717) is 5.91 Å². The molecule has 0 heterocycles. The van der Waals surface area contributed by atoms with Gasteiger partial charge in [0.05, 0.1) is 0 Å². The van der Waals surface area contributed by atoms with Crippen LogP contribution in [0.3, 0.4) is 0 Å². The Morgan fingerprint density at radius 2 is 2.00 bits per heavy atom. The predicted octanol–water partition coefficient (Wildman–Crippen LogP) is -2.56. The van der Waals surface area contributed by atoms with Gasteiger partial charge < -0.3 is 24.8 Å². The second-order valence-corrected chi connectivity index (χ2v) is 18.2. The van der Waals surface area contributed by atoms with Gasteiger partial charge in [-0.1, -0.05) is 0 Å². The molecule has 0 bridgehead atoms. The summed E-state index contributed by atoms with van der Waals surface area (Å²) in [5.41, 5.74) is 1.38. The summed E-state index contributed by atoms with van der Waals surface area (Å²) >= 11 is -1.46. The zero-order chi connectivity index (χ0) is 13.5. The Labute approximate surface area is 143 Å². The van der Waals surface area contributed by atoms with Crippen LogP contribution in [0, 0.1) is 0 Å². The third-order valence-corrected chi connectivity index (χ3v) is 14.4. The monoisotopic (exact) mass is 370 g/mol. The average Bonchev–Trinajstić information content (AvgIpc) is 2.72. The molecule has 1 amide bonds. The minimum Gasteiger partial charge on any atom is -1.00 e. The van der Waals surface area contributed by atoms with Gasteiger partial charge in [0.25, 0.3) is 0 Å². The van der Waals surface area contributed by atoms with Gasteiger partial charge in [-0.25, -0.2) is 0 Å². The number of amides is 1. The molecule has 6 heteroatoms. The smallest absolute Gasteiger partial charge is 1.00 e. The van der Waals surface area contributed by atoms with E-state index >= 15 is 0 Å². The van der Waals surface area contributed by atoms with Crippen molar-refractivity contribution in [2.24, 2.45) is 0 Å². The van der Waals surface area contributed by atoms with Gasteiger partial charge in [0.1, 0.15) is 0 Å². The molecule has 0 aromatic rings. The number of rotatable bonds is 7. The Morgan fingerprint density at radius 1 is 1.35 bits per heavy atom. The molecule has 1 N–H and O–H groups in total. The summed E-state index contributed by atoms with van der Waals surface area (Å²) < 4.78 is 5.01. The summed E-state index contributed by atoms with van der Waals surface area (Å²) in [7, 11) is 0. The first-order valence-electron chi connectivity index (χ1n) is 7.09. The number of hydrogen-bond donors (Lipinski definition) is 1. The molecule has 0 saturated carbocycles. The van der Waals surface area contributed by atoms with Gasteiger partial charge in [-0.3, -0.25) is 0 Å².